The Labute approximate surface area is 110 Å². The van der Waals surface area contributed by atoms with Crippen molar-refractivity contribution in [3.8, 4) is 0 Å². The third-order valence-corrected chi connectivity index (χ3v) is 3.38. The summed E-state index contributed by atoms with van der Waals surface area (Å²) in [4.78, 5) is 36.8. The van der Waals surface area contributed by atoms with E-state index < -0.39 is 5.69 Å². The molecule has 1 amide bonds. The van der Waals surface area contributed by atoms with Gasteiger partial charge in [-0.1, -0.05) is 0 Å². The van der Waals surface area contributed by atoms with Crippen LogP contribution in [0.1, 0.15) is 12.8 Å². The molecule has 1 fully saturated rings. The molecular weight excluding hydrogens is 248 g/mol. The van der Waals surface area contributed by atoms with E-state index >= 15 is 0 Å². The molecule has 1 aromatic rings. The Morgan fingerprint density at radius 2 is 2.21 bits per heavy atom. The van der Waals surface area contributed by atoms with E-state index in [4.69, 9.17) is 5.73 Å². The maximum Gasteiger partial charge on any atom is 0.331 e. The lowest BCUT2D eigenvalue weighted by atomic mass is 10.1. The molecule has 2 N–H and O–H groups in total. The van der Waals surface area contributed by atoms with Crippen molar-refractivity contribution in [2.75, 3.05) is 13.1 Å². The first kappa shape index (κ1) is 13.5. The molecule has 104 valence electrons. The van der Waals surface area contributed by atoms with Crippen LogP contribution in [0.2, 0.25) is 0 Å². The predicted octanol–water partition coefficient (Wildman–Crippen LogP) is -1.50. The van der Waals surface area contributed by atoms with Crippen LogP contribution in [-0.4, -0.2) is 39.1 Å². The minimum absolute atomic E-state index is 0.00884. The molecule has 1 aliphatic heterocycles. The molecule has 2 rings (SSSR count). The van der Waals surface area contributed by atoms with Gasteiger partial charge >= 0.3 is 5.69 Å². The van der Waals surface area contributed by atoms with Gasteiger partial charge in [0.05, 0.1) is 0 Å². The van der Waals surface area contributed by atoms with Crippen molar-refractivity contribution in [2.24, 2.45) is 12.8 Å². The largest absolute Gasteiger partial charge is 0.340 e. The van der Waals surface area contributed by atoms with Gasteiger partial charge in [-0.15, -0.1) is 0 Å². The van der Waals surface area contributed by atoms with Gasteiger partial charge in [-0.05, 0) is 12.8 Å². The lowest BCUT2D eigenvalue weighted by Gasteiger charge is -2.30. The fraction of sp³-hybridized carbons (Fsp3) is 0.583. The number of aromatic nitrogens is 2. The summed E-state index contributed by atoms with van der Waals surface area (Å²) >= 11 is 0. The van der Waals surface area contributed by atoms with Crippen molar-refractivity contribution in [3.05, 3.63) is 33.1 Å². The summed E-state index contributed by atoms with van der Waals surface area (Å²) in [5, 5.41) is 0. The summed E-state index contributed by atoms with van der Waals surface area (Å²) in [7, 11) is 1.39. The van der Waals surface area contributed by atoms with Gasteiger partial charge in [0.15, 0.2) is 0 Å². The quantitative estimate of drug-likeness (QED) is 0.705. The molecule has 0 saturated carbocycles. The normalized spacial score (nSPS) is 19.5. The van der Waals surface area contributed by atoms with Gasteiger partial charge in [-0.25, -0.2) is 4.79 Å². The molecule has 1 atom stereocenters. The fourth-order valence-corrected chi connectivity index (χ4v) is 2.22. The van der Waals surface area contributed by atoms with Crippen LogP contribution in [0.15, 0.2) is 21.9 Å². The van der Waals surface area contributed by atoms with Crippen LogP contribution in [0, 0.1) is 0 Å². The van der Waals surface area contributed by atoms with Crippen molar-refractivity contribution < 1.29 is 4.79 Å². The molecule has 0 aromatic carbocycles. The van der Waals surface area contributed by atoms with Gasteiger partial charge in [0.1, 0.15) is 6.54 Å². The number of likely N-dealkylation sites (tertiary alicyclic amines) is 1. The maximum atomic E-state index is 12.1. The summed E-state index contributed by atoms with van der Waals surface area (Å²) in [5.41, 5.74) is 4.96. The van der Waals surface area contributed by atoms with Crippen molar-refractivity contribution in [1.82, 2.24) is 14.0 Å². The molecule has 0 bridgehead atoms. The second kappa shape index (κ2) is 5.40. The summed E-state index contributed by atoms with van der Waals surface area (Å²) in [6.07, 6.45) is 3.16. The summed E-state index contributed by atoms with van der Waals surface area (Å²) in [6.45, 7) is 1.14. The Hall–Kier alpha value is -1.89. The maximum absolute atomic E-state index is 12.1. The summed E-state index contributed by atoms with van der Waals surface area (Å²) in [5.74, 6) is -0.143. The van der Waals surface area contributed by atoms with E-state index in [1.165, 1.54) is 23.9 Å². The first-order valence-corrected chi connectivity index (χ1v) is 6.29. The number of amides is 1. The first-order valence-electron chi connectivity index (χ1n) is 6.29. The zero-order valence-electron chi connectivity index (χ0n) is 10.9. The Morgan fingerprint density at radius 3 is 2.89 bits per heavy atom. The third kappa shape index (κ3) is 2.93. The van der Waals surface area contributed by atoms with Gasteiger partial charge in [0, 0.05) is 38.4 Å². The molecule has 1 aromatic heterocycles. The highest BCUT2D eigenvalue weighted by Gasteiger charge is 2.21. The van der Waals surface area contributed by atoms with E-state index in [0.29, 0.717) is 13.1 Å². The number of hydrogen-bond acceptors (Lipinski definition) is 4. The highest BCUT2D eigenvalue weighted by atomic mass is 16.2. The Balaban J connectivity index is 2.13. The van der Waals surface area contributed by atoms with E-state index in [1.807, 2.05) is 0 Å². The predicted molar refractivity (Wildman–Crippen MR) is 69.7 cm³/mol. The van der Waals surface area contributed by atoms with Crippen LogP contribution in [0.5, 0.6) is 0 Å². The number of nitrogens with two attached hydrogens (primary N) is 1. The highest BCUT2D eigenvalue weighted by molar-refractivity contribution is 5.76. The smallest absolute Gasteiger partial charge is 0.331 e. The number of nitrogens with zero attached hydrogens (tertiary/aromatic N) is 3. The molecule has 0 radical (unpaired) electrons. The number of carbonyl (C=O) groups excluding carboxylic acids is 1. The van der Waals surface area contributed by atoms with Crippen molar-refractivity contribution >= 4 is 5.91 Å². The van der Waals surface area contributed by atoms with Crippen molar-refractivity contribution in [3.63, 3.8) is 0 Å². The molecule has 0 aliphatic carbocycles. The van der Waals surface area contributed by atoms with E-state index in [9.17, 15) is 14.4 Å². The van der Waals surface area contributed by atoms with Crippen LogP contribution in [0.3, 0.4) is 0 Å². The van der Waals surface area contributed by atoms with Crippen molar-refractivity contribution in [2.45, 2.75) is 25.4 Å². The zero-order chi connectivity index (χ0) is 14.0. The Bertz CT molecular complexity index is 589. The summed E-state index contributed by atoms with van der Waals surface area (Å²) < 4.78 is 2.22. The number of piperidine rings is 1. The molecule has 0 spiro atoms. The first-order chi connectivity index (χ1) is 8.99. The van der Waals surface area contributed by atoms with Crippen LogP contribution >= 0.6 is 0 Å². The topological polar surface area (TPSA) is 90.3 Å². The zero-order valence-corrected chi connectivity index (χ0v) is 10.9. The Morgan fingerprint density at radius 1 is 1.47 bits per heavy atom. The molecule has 1 aliphatic rings. The second-order valence-corrected chi connectivity index (χ2v) is 4.87. The number of rotatable bonds is 2. The molecule has 1 unspecified atom stereocenters. The minimum atomic E-state index is -0.484. The van der Waals surface area contributed by atoms with Gasteiger partial charge in [0.2, 0.25) is 5.91 Å². The molecule has 2 heterocycles. The van der Waals surface area contributed by atoms with E-state index in [1.54, 1.807) is 4.90 Å². The average molecular weight is 266 g/mol. The molecule has 7 heteroatoms. The third-order valence-electron chi connectivity index (χ3n) is 3.38. The molecule has 7 nitrogen and oxygen atoms in total. The van der Waals surface area contributed by atoms with Crippen LogP contribution < -0.4 is 17.0 Å². The highest BCUT2D eigenvalue weighted by Crippen LogP contribution is 2.08. The molecule has 19 heavy (non-hydrogen) atoms. The molecule has 1 saturated heterocycles. The van der Waals surface area contributed by atoms with Gasteiger partial charge in [-0.3, -0.25) is 18.7 Å². The lowest BCUT2D eigenvalue weighted by molar-refractivity contribution is -0.133. The lowest BCUT2D eigenvalue weighted by Crippen LogP contribution is -2.48. The fourth-order valence-electron chi connectivity index (χ4n) is 2.22. The SMILES string of the molecule is Cn1c(=O)ccn(CC(=O)N2CCCC(N)C2)c1=O. The van der Waals surface area contributed by atoms with Crippen LogP contribution in [0.4, 0.5) is 0 Å². The van der Waals surface area contributed by atoms with Gasteiger partial charge < -0.3 is 10.6 Å². The molecular formula is C12H18N4O3. The monoisotopic (exact) mass is 266 g/mol. The van der Waals surface area contributed by atoms with Crippen LogP contribution in [0.25, 0.3) is 0 Å². The van der Waals surface area contributed by atoms with Gasteiger partial charge in [-0.2, -0.15) is 0 Å². The van der Waals surface area contributed by atoms with Crippen molar-refractivity contribution in [1.29, 1.82) is 0 Å². The Kier molecular flexibility index (Phi) is 3.84. The van der Waals surface area contributed by atoms with E-state index in [0.717, 1.165) is 17.4 Å². The van der Waals surface area contributed by atoms with Crippen LogP contribution in [-0.2, 0) is 18.4 Å². The van der Waals surface area contributed by atoms with Gasteiger partial charge in [0.25, 0.3) is 5.56 Å². The van der Waals surface area contributed by atoms with E-state index in [2.05, 4.69) is 0 Å². The standard InChI is InChI=1S/C12H18N4O3/c1-14-10(17)4-6-16(12(14)19)8-11(18)15-5-2-3-9(13)7-15/h4,6,9H,2-3,5,7-8,13H2,1H3. The number of carbonyl (C=O) groups is 1. The second-order valence-electron chi connectivity index (χ2n) is 4.87. The number of hydrogen-bond donors (Lipinski definition) is 1. The van der Waals surface area contributed by atoms with E-state index in [-0.39, 0.29) is 24.1 Å². The average Bonchev–Trinajstić information content (AvgIpc) is 2.39. The minimum Gasteiger partial charge on any atom is -0.340 e. The summed E-state index contributed by atoms with van der Waals surface area (Å²) in [6, 6.07) is 1.28.